The van der Waals surface area contributed by atoms with Gasteiger partial charge in [0.25, 0.3) is 0 Å². The lowest BCUT2D eigenvalue weighted by Gasteiger charge is -2.24. The molecule has 0 N–H and O–H groups in total. The highest BCUT2D eigenvalue weighted by Crippen LogP contribution is 2.32. The summed E-state index contributed by atoms with van der Waals surface area (Å²) in [7, 11) is 0. The van der Waals surface area contributed by atoms with Crippen LogP contribution in [0.1, 0.15) is 29.6 Å². The molecule has 2 aromatic rings. The summed E-state index contributed by atoms with van der Waals surface area (Å²) >= 11 is 0. The van der Waals surface area contributed by atoms with Crippen molar-refractivity contribution in [1.82, 2.24) is 0 Å². The topological polar surface area (TPSA) is 35.5 Å². The van der Waals surface area contributed by atoms with Gasteiger partial charge in [-0.05, 0) is 30.5 Å². The number of carbonyl (C=O) groups excluding carboxylic acids is 1. The van der Waals surface area contributed by atoms with E-state index in [0.717, 1.165) is 43.3 Å². The Morgan fingerprint density at radius 1 is 1.10 bits per heavy atom. The highest BCUT2D eigenvalue weighted by Gasteiger charge is 2.17. The number of benzene rings is 2. The SMILES string of the molecule is O=Cc1ccc(-c2ccccc2)c(OC2CCCCO2)c1. The van der Waals surface area contributed by atoms with Crippen molar-refractivity contribution in [3.05, 3.63) is 54.1 Å². The molecule has 0 bridgehead atoms. The van der Waals surface area contributed by atoms with Crippen LogP contribution in [0.2, 0.25) is 0 Å². The van der Waals surface area contributed by atoms with Crippen LogP contribution in [-0.2, 0) is 4.74 Å². The minimum absolute atomic E-state index is 0.219. The summed E-state index contributed by atoms with van der Waals surface area (Å²) in [6, 6.07) is 15.5. The van der Waals surface area contributed by atoms with E-state index in [1.54, 1.807) is 6.07 Å². The molecule has 2 aromatic carbocycles. The van der Waals surface area contributed by atoms with Gasteiger partial charge in [0.2, 0.25) is 0 Å². The third-order valence-corrected chi connectivity index (χ3v) is 3.62. The minimum atomic E-state index is -0.219. The van der Waals surface area contributed by atoms with Crippen LogP contribution >= 0.6 is 0 Å². The highest BCUT2D eigenvalue weighted by atomic mass is 16.7. The summed E-state index contributed by atoms with van der Waals surface area (Å²) in [5.41, 5.74) is 2.66. The fourth-order valence-electron chi connectivity index (χ4n) is 2.51. The van der Waals surface area contributed by atoms with Gasteiger partial charge in [0.1, 0.15) is 12.0 Å². The molecule has 0 aliphatic carbocycles. The first-order valence-corrected chi connectivity index (χ1v) is 7.30. The van der Waals surface area contributed by atoms with E-state index >= 15 is 0 Å². The molecule has 1 unspecified atom stereocenters. The number of ether oxygens (including phenoxy) is 2. The molecule has 0 amide bonds. The lowest BCUT2D eigenvalue weighted by Crippen LogP contribution is -2.25. The van der Waals surface area contributed by atoms with E-state index in [1.807, 2.05) is 42.5 Å². The van der Waals surface area contributed by atoms with Crippen molar-refractivity contribution in [3.63, 3.8) is 0 Å². The molecular formula is C18H18O3. The molecular weight excluding hydrogens is 264 g/mol. The zero-order chi connectivity index (χ0) is 14.5. The summed E-state index contributed by atoms with van der Waals surface area (Å²) in [6.07, 6.45) is 3.70. The molecule has 3 nitrogen and oxygen atoms in total. The van der Waals surface area contributed by atoms with Crippen molar-refractivity contribution in [1.29, 1.82) is 0 Å². The molecule has 3 heteroatoms. The van der Waals surface area contributed by atoms with Gasteiger partial charge in [0.15, 0.2) is 6.29 Å². The van der Waals surface area contributed by atoms with Gasteiger partial charge in [-0.3, -0.25) is 4.79 Å². The van der Waals surface area contributed by atoms with E-state index in [0.29, 0.717) is 11.3 Å². The maximum absolute atomic E-state index is 11.0. The summed E-state index contributed by atoms with van der Waals surface area (Å²) in [6.45, 7) is 0.735. The average Bonchev–Trinajstić information content (AvgIpc) is 2.56. The van der Waals surface area contributed by atoms with Gasteiger partial charge < -0.3 is 9.47 Å². The van der Waals surface area contributed by atoms with Gasteiger partial charge >= 0.3 is 0 Å². The third-order valence-electron chi connectivity index (χ3n) is 3.62. The standard InChI is InChI=1S/C18H18O3/c19-13-14-9-10-16(15-6-2-1-3-7-15)17(12-14)21-18-8-4-5-11-20-18/h1-3,6-7,9-10,12-13,18H,4-5,8,11H2. The fraction of sp³-hybridized carbons (Fsp3) is 0.278. The second kappa shape index (κ2) is 6.55. The predicted molar refractivity (Wildman–Crippen MR) is 81.5 cm³/mol. The molecule has 0 spiro atoms. The number of aldehydes is 1. The molecule has 0 saturated carbocycles. The zero-order valence-corrected chi connectivity index (χ0v) is 11.8. The van der Waals surface area contributed by atoms with Crippen molar-refractivity contribution >= 4 is 6.29 Å². The quantitative estimate of drug-likeness (QED) is 0.793. The van der Waals surface area contributed by atoms with Crippen LogP contribution in [-0.4, -0.2) is 19.2 Å². The average molecular weight is 282 g/mol. The van der Waals surface area contributed by atoms with E-state index in [2.05, 4.69) is 0 Å². The Hall–Kier alpha value is -2.13. The van der Waals surface area contributed by atoms with Crippen molar-refractivity contribution in [2.45, 2.75) is 25.6 Å². The van der Waals surface area contributed by atoms with Gasteiger partial charge in [-0.1, -0.05) is 36.4 Å². The van der Waals surface area contributed by atoms with Crippen LogP contribution in [0.4, 0.5) is 0 Å². The molecule has 1 aliphatic heterocycles. The molecule has 1 aliphatic rings. The van der Waals surface area contributed by atoms with Crippen LogP contribution in [0.25, 0.3) is 11.1 Å². The largest absolute Gasteiger partial charge is 0.464 e. The normalized spacial score (nSPS) is 18.2. The lowest BCUT2D eigenvalue weighted by molar-refractivity contribution is -0.105. The Morgan fingerprint density at radius 3 is 2.67 bits per heavy atom. The molecule has 1 atom stereocenters. The zero-order valence-electron chi connectivity index (χ0n) is 11.8. The summed E-state index contributed by atoms with van der Waals surface area (Å²) in [4.78, 5) is 11.0. The second-order valence-corrected chi connectivity index (χ2v) is 5.15. The molecule has 21 heavy (non-hydrogen) atoms. The van der Waals surface area contributed by atoms with E-state index in [4.69, 9.17) is 9.47 Å². The maximum Gasteiger partial charge on any atom is 0.199 e. The molecule has 1 fully saturated rings. The minimum Gasteiger partial charge on any atom is -0.464 e. The van der Waals surface area contributed by atoms with Crippen molar-refractivity contribution < 1.29 is 14.3 Å². The molecule has 0 aromatic heterocycles. The first-order valence-electron chi connectivity index (χ1n) is 7.30. The second-order valence-electron chi connectivity index (χ2n) is 5.15. The smallest absolute Gasteiger partial charge is 0.199 e. The van der Waals surface area contributed by atoms with Gasteiger partial charge in [-0.2, -0.15) is 0 Å². The molecule has 108 valence electrons. The van der Waals surface area contributed by atoms with E-state index in [9.17, 15) is 4.79 Å². The molecule has 1 heterocycles. The van der Waals surface area contributed by atoms with Crippen molar-refractivity contribution in [2.75, 3.05) is 6.61 Å². The first-order chi connectivity index (χ1) is 10.4. The Labute approximate surface area is 124 Å². The Morgan fingerprint density at radius 2 is 1.95 bits per heavy atom. The van der Waals surface area contributed by atoms with Crippen LogP contribution in [0.15, 0.2) is 48.5 Å². The number of carbonyl (C=O) groups is 1. The van der Waals surface area contributed by atoms with Gasteiger partial charge in [-0.15, -0.1) is 0 Å². The van der Waals surface area contributed by atoms with Crippen molar-refractivity contribution in [3.8, 4) is 16.9 Å². The lowest BCUT2D eigenvalue weighted by atomic mass is 10.0. The Kier molecular flexibility index (Phi) is 4.31. The Balaban J connectivity index is 1.93. The fourth-order valence-corrected chi connectivity index (χ4v) is 2.51. The van der Waals surface area contributed by atoms with Crippen LogP contribution < -0.4 is 4.74 Å². The predicted octanol–water partition coefficient (Wildman–Crippen LogP) is 4.07. The number of hydrogen-bond acceptors (Lipinski definition) is 3. The van der Waals surface area contributed by atoms with Crippen LogP contribution in [0.5, 0.6) is 5.75 Å². The van der Waals surface area contributed by atoms with Crippen LogP contribution in [0, 0.1) is 0 Å². The van der Waals surface area contributed by atoms with Crippen LogP contribution in [0.3, 0.4) is 0 Å². The number of rotatable bonds is 4. The molecule has 3 rings (SSSR count). The highest BCUT2D eigenvalue weighted by molar-refractivity contribution is 5.80. The summed E-state index contributed by atoms with van der Waals surface area (Å²) in [5.74, 6) is 0.706. The van der Waals surface area contributed by atoms with Crippen molar-refractivity contribution in [2.24, 2.45) is 0 Å². The Bertz CT molecular complexity index is 601. The van der Waals surface area contributed by atoms with E-state index in [1.165, 1.54) is 0 Å². The third kappa shape index (κ3) is 3.31. The van der Waals surface area contributed by atoms with Gasteiger partial charge in [-0.25, -0.2) is 0 Å². The first kappa shape index (κ1) is 13.8. The molecule has 0 radical (unpaired) electrons. The van der Waals surface area contributed by atoms with Gasteiger partial charge in [0.05, 0.1) is 6.61 Å². The molecule has 1 saturated heterocycles. The summed E-state index contributed by atoms with van der Waals surface area (Å²) < 4.78 is 11.6. The van der Waals surface area contributed by atoms with E-state index in [-0.39, 0.29) is 6.29 Å². The number of hydrogen-bond donors (Lipinski definition) is 0. The van der Waals surface area contributed by atoms with Gasteiger partial charge in [0, 0.05) is 17.5 Å². The monoisotopic (exact) mass is 282 g/mol. The van der Waals surface area contributed by atoms with E-state index < -0.39 is 0 Å². The summed E-state index contributed by atoms with van der Waals surface area (Å²) in [5, 5.41) is 0. The maximum atomic E-state index is 11.0.